The highest BCUT2D eigenvalue weighted by atomic mass is 15.3. The Labute approximate surface area is 98.6 Å². The van der Waals surface area contributed by atoms with Crippen LogP contribution in [0.5, 0.6) is 0 Å². The molecule has 0 radical (unpaired) electrons. The van der Waals surface area contributed by atoms with E-state index in [1.165, 1.54) is 0 Å². The van der Waals surface area contributed by atoms with Crippen molar-refractivity contribution in [1.82, 2.24) is 20.0 Å². The van der Waals surface area contributed by atoms with Gasteiger partial charge < -0.3 is 10.2 Å². The van der Waals surface area contributed by atoms with Crippen molar-refractivity contribution < 1.29 is 0 Å². The van der Waals surface area contributed by atoms with Gasteiger partial charge in [0.25, 0.3) is 0 Å². The molecule has 0 saturated carbocycles. The highest BCUT2D eigenvalue weighted by molar-refractivity contribution is 4.81. The molecule has 4 nitrogen and oxygen atoms in total. The Kier molecular flexibility index (Phi) is 5.49. The standard InChI is InChI=1S/C12H24N4/c1-5-15(4)10-11(2)13-9-12(3)16-8-6-7-14-16/h6-8,11-13H,5,9-10H2,1-4H3. The summed E-state index contributed by atoms with van der Waals surface area (Å²) >= 11 is 0. The topological polar surface area (TPSA) is 33.1 Å². The van der Waals surface area contributed by atoms with Crippen molar-refractivity contribution in [2.75, 3.05) is 26.7 Å². The third kappa shape index (κ3) is 4.33. The minimum absolute atomic E-state index is 0.407. The van der Waals surface area contributed by atoms with Crippen LogP contribution in [0.3, 0.4) is 0 Å². The summed E-state index contributed by atoms with van der Waals surface area (Å²) in [6.45, 7) is 9.72. The van der Waals surface area contributed by atoms with Crippen molar-refractivity contribution in [2.45, 2.75) is 32.9 Å². The van der Waals surface area contributed by atoms with Gasteiger partial charge in [-0.1, -0.05) is 6.92 Å². The molecular weight excluding hydrogens is 200 g/mol. The normalized spacial score (nSPS) is 15.3. The fourth-order valence-electron chi connectivity index (χ4n) is 1.67. The molecule has 2 atom stereocenters. The lowest BCUT2D eigenvalue weighted by Gasteiger charge is -2.22. The minimum atomic E-state index is 0.407. The molecule has 16 heavy (non-hydrogen) atoms. The number of aromatic nitrogens is 2. The molecule has 0 bridgehead atoms. The molecule has 0 fully saturated rings. The van der Waals surface area contributed by atoms with Crippen molar-refractivity contribution in [3.63, 3.8) is 0 Å². The monoisotopic (exact) mass is 224 g/mol. The largest absolute Gasteiger partial charge is 0.311 e. The van der Waals surface area contributed by atoms with Gasteiger partial charge in [0.1, 0.15) is 0 Å². The Bertz CT molecular complexity index is 271. The number of hydrogen-bond donors (Lipinski definition) is 1. The average Bonchev–Trinajstić information content (AvgIpc) is 2.79. The van der Waals surface area contributed by atoms with E-state index in [0.29, 0.717) is 12.1 Å². The zero-order valence-corrected chi connectivity index (χ0v) is 10.8. The number of nitrogens with zero attached hydrogens (tertiary/aromatic N) is 3. The third-order valence-electron chi connectivity index (χ3n) is 2.86. The van der Waals surface area contributed by atoms with Gasteiger partial charge >= 0.3 is 0 Å². The molecule has 0 aromatic carbocycles. The van der Waals surface area contributed by atoms with Gasteiger partial charge in [0, 0.05) is 31.5 Å². The average molecular weight is 224 g/mol. The van der Waals surface area contributed by atoms with Crippen LogP contribution in [0.25, 0.3) is 0 Å². The van der Waals surface area contributed by atoms with Crippen LogP contribution < -0.4 is 5.32 Å². The van der Waals surface area contributed by atoms with Crippen molar-refractivity contribution in [3.05, 3.63) is 18.5 Å². The fourth-order valence-corrected chi connectivity index (χ4v) is 1.67. The molecule has 0 aliphatic rings. The Hall–Kier alpha value is -0.870. The van der Waals surface area contributed by atoms with Crippen molar-refractivity contribution >= 4 is 0 Å². The highest BCUT2D eigenvalue weighted by Gasteiger charge is 2.08. The third-order valence-corrected chi connectivity index (χ3v) is 2.86. The molecule has 4 heteroatoms. The summed E-state index contributed by atoms with van der Waals surface area (Å²) in [5, 5.41) is 7.77. The van der Waals surface area contributed by atoms with Crippen molar-refractivity contribution in [1.29, 1.82) is 0 Å². The van der Waals surface area contributed by atoms with Gasteiger partial charge in [0.15, 0.2) is 0 Å². The van der Waals surface area contributed by atoms with E-state index in [1.807, 2.05) is 23.1 Å². The molecule has 2 unspecified atom stereocenters. The number of rotatable bonds is 7. The molecular formula is C12H24N4. The first-order chi connectivity index (χ1) is 7.63. The molecule has 92 valence electrons. The minimum Gasteiger partial charge on any atom is -0.311 e. The quantitative estimate of drug-likeness (QED) is 0.759. The first-order valence-electron chi connectivity index (χ1n) is 6.04. The van der Waals surface area contributed by atoms with Crippen LogP contribution in [0.2, 0.25) is 0 Å². The van der Waals surface area contributed by atoms with Gasteiger partial charge in [0.2, 0.25) is 0 Å². The summed E-state index contributed by atoms with van der Waals surface area (Å²) in [5.74, 6) is 0. The van der Waals surface area contributed by atoms with E-state index in [1.54, 1.807) is 0 Å². The molecule has 0 spiro atoms. The van der Waals surface area contributed by atoms with Crippen LogP contribution in [-0.4, -0.2) is 47.4 Å². The smallest absolute Gasteiger partial charge is 0.0615 e. The van der Waals surface area contributed by atoms with E-state index in [2.05, 4.69) is 43.1 Å². The second-order valence-electron chi connectivity index (χ2n) is 4.50. The molecule has 0 amide bonds. The van der Waals surface area contributed by atoms with Gasteiger partial charge in [-0.25, -0.2) is 0 Å². The summed E-state index contributed by atoms with van der Waals surface area (Å²) in [5.41, 5.74) is 0. The van der Waals surface area contributed by atoms with E-state index in [9.17, 15) is 0 Å². The van der Waals surface area contributed by atoms with Gasteiger partial charge in [-0.3, -0.25) is 4.68 Å². The number of nitrogens with one attached hydrogen (secondary N) is 1. The van der Waals surface area contributed by atoms with Gasteiger partial charge in [0.05, 0.1) is 6.04 Å². The Morgan fingerprint density at radius 3 is 2.75 bits per heavy atom. The molecule has 1 aromatic heterocycles. The molecule has 1 N–H and O–H groups in total. The Morgan fingerprint density at radius 1 is 1.44 bits per heavy atom. The van der Waals surface area contributed by atoms with Crippen molar-refractivity contribution in [3.8, 4) is 0 Å². The maximum absolute atomic E-state index is 4.24. The lowest BCUT2D eigenvalue weighted by Crippen LogP contribution is -2.39. The van der Waals surface area contributed by atoms with Crippen LogP contribution in [0.15, 0.2) is 18.5 Å². The van der Waals surface area contributed by atoms with Gasteiger partial charge in [-0.05, 0) is 33.5 Å². The second kappa shape index (κ2) is 6.66. The molecule has 0 aliphatic heterocycles. The van der Waals surface area contributed by atoms with Crippen LogP contribution in [0.1, 0.15) is 26.8 Å². The van der Waals surface area contributed by atoms with E-state index < -0.39 is 0 Å². The predicted octanol–water partition coefficient (Wildman–Crippen LogP) is 1.37. The second-order valence-corrected chi connectivity index (χ2v) is 4.50. The lowest BCUT2D eigenvalue weighted by molar-refractivity contribution is 0.301. The Balaban J connectivity index is 2.24. The zero-order chi connectivity index (χ0) is 12.0. The fraction of sp³-hybridized carbons (Fsp3) is 0.750. The molecule has 1 aromatic rings. The molecule has 0 saturated heterocycles. The first kappa shape index (κ1) is 13.2. The van der Waals surface area contributed by atoms with E-state index >= 15 is 0 Å². The maximum Gasteiger partial charge on any atom is 0.0615 e. The molecule has 1 heterocycles. The zero-order valence-electron chi connectivity index (χ0n) is 10.8. The summed E-state index contributed by atoms with van der Waals surface area (Å²) in [6.07, 6.45) is 3.83. The summed E-state index contributed by atoms with van der Waals surface area (Å²) in [7, 11) is 2.15. The molecule has 1 rings (SSSR count). The first-order valence-corrected chi connectivity index (χ1v) is 6.04. The Morgan fingerprint density at radius 2 is 2.19 bits per heavy atom. The van der Waals surface area contributed by atoms with Crippen LogP contribution in [-0.2, 0) is 0 Å². The van der Waals surface area contributed by atoms with E-state index in [0.717, 1.165) is 19.6 Å². The van der Waals surface area contributed by atoms with Crippen LogP contribution in [0, 0.1) is 0 Å². The van der Waals surface area contributed by atoms with E-state index in [4.69, 9.17) is 0 Å². The van der Waals surface area contributed by atoms with Gasteiger partial charge in [-0.2, -0.15) is 5.10 Å². The predicted molar refractivity (Wildman–Crippen MR) is 67.6 cm³/mol. The van der Waals surface area contributed by atoms with E-state index in [-0.39, 0.29) is 0 Å². The SMILES string of the molecule is CCN(C)CC(C)NCC(C)n1cccn1. The number of hydrogen-bond acceptors (Lipinski definition) is 3. The summed E-state index contributed by atoms with van der Waals surface area (Å²) in [4.78, 5) is 2.32. The van der Waals surface area contributed by atoms with Crippen molar-refractivity contribution in [2.24, 2.45) is 0 Å². The van der Waals surface area contributed by atoms with Gasteiger partial charge in [-0.15, -0.1) is 0 Å². The van der Waals surface area contributed by atoms with Crippen LogP contribution in [0.4, 0.5) is 0 Å². The summed E-state index contributed by atoms with van der Waals surface area (Å²) < 4.78 is 1.99. The molecule has 0 aliphatic carbocycles. The number of likely N-dealkylation sites (N-methyl/N-ethyl adjacent to an activating group) is 1. The highest BCUT2D eigenvalue weighted by Crippen LogP contribution is 2.01. The maximum atomic E-state index is 4.24. The lowest BCUT2D eigenvalue weighted by atomic mass is 10.2. The summed E-state index contributed by atoms with van der Waals surface area (Å²) in [6, 6.07) is 2.89. The van der Waals surface area contributed by atoms with Crippen LogP contribution >= 0.6 is 0 Å².